The monoisotopic (exact) mass is 331 g/mol. The van der Waals surface area contributed by atoms with E-state index < -0.39 is 15.8 Å². The van der Waals surface area contributed by atoms with Crippen LogP contribution in [0.2, 0.25) is 5.02 Å². The molecule has 0 radical (unpaired) electrons. The van der Waals surface area contributed by atoms with Gasteiger partial charge in [0.05, 0.1) is 15.6 Å². The minimum atomic E-state index is -3.71. The Kier molecular flexibility index (Phi) is 4.57. The van der Waals surface area contributed by atoms with Crippen molar-refractivity contribution in [2.75, 3.05) is 11.0 Å². The highest BCUT2D eigenvalue weighted by Crippen LogP contribution is 2.23. The second kappa shape index (κ2) is 6.03. The Hall–Kier alpha value is -1.24. The van der Waals surface area contributed by atoms with Crippen molar-refractivity contribution in [2.24, 2.45) is 0 Å². The van der Waals surface area contributed by atoms with Crippen LogP contribution in [0.25, 0.3) is 0 Å². The van der Waals surface area contributed by atoms with E-state index >= 15 is 0 Å². The molecule has 0 aliphatic carbocycles. The lowest BCUT2D eigenvalue weighted by Gasteiger charge is -2.09. The number of benzene rings is 2. The van der Waals surface area contributed by atoms with Gasteiger partial charge >= 0.3 is 0 Å². The van der Waals surface area contributed by atoms with E-state index in [1.165, 1.54) is 36.0 Å². The lowest BCUT2D eigenvalue weighted by Crippen LogP contribution is -2.12. The molecule has 2 aromatic rings. The molecule has 0 saturated carbocycles. The first-order chi connectivity index (χ1) is 9.42. The summed E-state index contributed by atoms with van der Waals surface area (Å²) < 4.78 is 39.7. The van der Waals surface area contributed by atoms with Crippen LogP contribution >= 0.6 is 23.4 Å². The fourth-order valence-corrected chi connectivity index (χ4v) is 3.17. The molecule has 7 heteroatoms. The van der Waals surface area contributed by atoms with Crippen molar-refractivity contribution < 1.29 is 12.8 Å². The van der Waals surface area contributed by atoms with Crippen molar-refractivity contribution in [3.8, 4) is 0 Å². The second-order valence-electron chi connectivity index (χ2n) is 3.91. The minimum absolute atomic E-state index is 0.135. The molecular weight excluding hydrogens is 321 g/mol. The van der Waals surface area contributed by atoms with Crippen molar-refractivity contribution in [2.45, 2.75) is 9.79 Å². The normalized spacial score (nSPS) is 11.3. The third kappa shape index (κ3) is 3.45. The molecule has 0 amide bonds. The van der Waals surface area contributed by atoms with Crippen LogP contribution in [0.1, 0.15) is 0 Å². The van der Waals surface area contributed by atoms with E-state index in [-0.39, 0.29) is 15.6 Å². The molecule has 3 nitrogen and oxygen atoms in total. The highest BCUT2D eigenvalue weighted by Gasteiger charge is 2.14. The van der Waals surface area contributed by atoms with E-state index in [4.69, 9.17) is 11.6 Å². The van der Waals surface area contributed by atoms with Crippen LogP contribution < -0.4 is 4.72 Å². The number of sulfonamides is 1. The largest absolute Gasteiger partial charge is 0.280 e. The first-order valence-corrected chi connectivity index (χ1v) is 8.63. The summed E-state index contributed by atoms with van der Waals surface area (Å²) in [6.45, 7) is 0. The fourth-order valence-electron chi connectivity index (χ4n) is 1.53. The smallest absolute Gasteiger partial charge is 0.261 e. The van der Waals surface area contributed by atoms with Gasteiger partial charge in [-0.3, -0.25) is 4.72 Å². The van der Waals surface area contributed by atoms with Crippen molar-refractivity contribution in [3.63, 3.8) is 0 Å². The van der Waals surface area contributed by atoms with Gasteiger partial charge in [-0.05, 0) is 48.7 Å². The summed E-state index contributed by atoms with van der Waals surface area (Å²) in [4.78, 5) is 1.10. The molecule has 0 saturated heterocycles. The molecule has 0 bridgehead atoms. The van der Waals surface area contributed by atoms with Gasteiger partial charge in [-0.25, -0.2) is 12.8 Å². The summed E-state index contributed by atoms with van der Waals surface area (Å²) in [5, 5.41) is -0.136. The molecule has 0 fully saturated rings. The van der Waals surface area contributed by atoms with Gasteiger partial charge in [0.15, 0.2) is 0 Å². The molecule has 0 aliphatic rings. The number of anilines is 1. The standard InChI is InChI=1S/C13H11ClFNO2S2/c1-19-10-3-5-11(6-4-10)20(17,18)16-9-2-7-13(15)12(14)8-9/h2-8,16H,1H3. The number of hydrogen-bond acceptors (Lipinski definition) is 3. The maximum atomic E-state index is 13.0. The summed E-state index contributed by atoms with van der Waals surface area (Å²) in [6, 6.07) is 10.1. The van der Waals surface area contributed by atoms with Gasteiger partial charge in [0.25, 0.3) is 10.0 Å². The topological polar surface area (TPSA) is 46.2 Å². The number of nitrogens with one attached hydrogen (secondary N) is 1. The maximum Gasteiger partial charge on any atom is 0.261 e. The summed E-state index contributed by atoms with van der Waals surface area (Å²) in [7, 11) is -3.71. The Balaban J connectivity index is 2.27. The van der Waals surface area contributed by atoms with E-state index in [2.05, 4.69) is 4.72 Å². The number of hydrogen-bond donors (Lipinski definition) is 1. The molecule has 0 unspecified atom stereocenters. The van der Waals surface area contributed by atoms with Gasteiger partial charge in [0.2, 0.25) is 0 Å². The molecule has 0 aromatic heterocycles. The van der Waals surface area contributed by atoms with Gasteiger partial charge < -0.3 is 0 Å². The van der Waals surface area contributed by atoms with Crippen LogP contribution in [0.3, 0.4) is 0 Å². The maximum absolute atomic E-state index is 13.0. The molecular formula is C13H11ClFNO2S2. The van der Waals surface area contributed by atoms with Crippen LogP contribution in [0.5, 0.6) is 0 Å². The number of halogens is 2. The Morgan fingerprint density at radius 2 is 1.80 bits per heavy atom. The summed E-state index contributed by atoms with van der Waals surface area (Å²) in [5.41, 5.74) is 0.213. The van der Waals surface area contributed by atoms with Gasteiger partial charge in [-0.2, -0.15) is 0 Å². The highest BCUT2D eigenvalue weighted by molar-refractivity contribution is 7.98. The number of thioether (sulfide) groups is 1. The predicted molar refractivity (Wildman–Crippen MR) is 80.4 cm³/mol. The van der Waals surface area contributed by atoms with Gasteiger partial charge in [-0.1, -0.05) is 11.6 Å². The van der Waals surface area contributed by atoms with Crippen molar-refractivity contribution in [1.82, 2.24) is 0 Å². The van der Waals surface area contributed by atoms with Crippen LogP contribution in [0.15, 0.2) is 52.3 Å². The van der Waals surface area contributed by atoms with Gasteiger partial charge in [0.1, 0.15) is 5.82 Å². The molecule has 106 valence electrons. The Labute approximate surface area is 126 Å². The molecule has 2 rings (SSSR count). The highest BCUT2D eigenvalue weighted by atomic mass is 35.5. The Bertz CT molecular complexity index is 718. The average molecular weight is 332 g/mol. The fraction of sp³-hybridized carbons (Fsp3) is 0.0769. The van der Waals surface area contributed by atoms with Crippen molar-refractivity contribution in [1.29, 1.82) is 0 Å². The van der Waals surface area contributed by atoms with Crippen molar-refractivity contribution in [3.05, 3.63) is 53.3 Å². The second-order valence-corrected chi connectivity index (χ2v) is 6.88. The summed E-state index contributed by atoms with van der Waals surface area (Å²) >= 11 is 7.14. The van der Waals surface area contributed by atoms with E-state index in [0.717, 1.165) is 11.0 Å². The molecule has 0 aliphatic heterocycles. The quantitative estimate of drug-likeness (QED) is 0.861. The molecule has 0 spiro atoms. The minimum Gasteiger partial charge on any atom is -0.280 e. The summed E-state index contributed by atoms with van der Waals surface area (Å²) in [6.07, 6.45) is 1.91. The van der Waals surface area contributed by atoms with Crippen LogP contribution in [0.4, 0.5) is 10.1 Å². The van der Waals surface area contributed by atoms with Crippen molar-refractivity contribution >= 4 is 39.1 Å². The lowest BCUT2D eigenvalue weighted by atomic mass is 10.3. The zero-order valence-corrected chi connectivity index (χ0v) is 12.8. The van der Waals surface area contributed by atoms with E-state index in [9.17, 15) is 12.8 Å². The third-order valence-electron chi connectivity index (χ3n) is 2.54. The SMILES string of the molecule is CSc1ccc(S(=O)(=O)Nc2ccc(F)c(Cl)c2)cc1. The molecule has 2 aromatic carbocycles. The molecule has 0 atom stereocenters. The van der Waals surface area contributed by atoms with E-state index in [0.29, 0.717) is 0 Å². The van der Waals surface area contributed by atoms with E-state index in [1.807, 2.05) is 6.26 Å². The Morgan fingerprint density at radius 1 is 1.15 bits per heavy atom. The van der Waals surface area contributed by atoms with Gasteiger partial charge in [0, 0.05) is 4.90 Å². The number of rotatable bonds is 4. The third-order valence-corrected chi connectivity index (χ3v) is 4.97. The first-order valence-electron chi connectivity index (χ1n) is 5.54. The zero-order chi connectivity index (χ0) is 14.8. The van der Waals surface area contributed by atoms with Gasteiger partial charge in [-0.15, -0.1) is 11.8 Å². The summed E-state index contributed by atoms with van der Waals surface area (Å²) in [5.74, 6) is -0.598. The van der Waals surface area contributed by atoms with Crippen LogP contribution in [0, 0.1) is 5.82 Å². The molecule has 0 heterocycles. The van der Waals surface area contributed by atoms with Crippen LogP contribution in [-0.4, -0.2) is 14.7 Å². The zero-order valence-electron chi connectivity index (χ0n) is 10.4. The average Bonchev–Trinajstić information content (AvgIpc) is 2.43. The molecule has 20 heavy (non-hydrogen) atoms. The Morgan fingerprint density at radius 3 is 2.35 bits per heavy atom. The molecule has 1 N–H and O–H groups in total. The lowest BCUT2D eigenvalue weighted by molar-refractivity contribution is 0.601. The van der Waals surface area contributed by atoms with Crippen LogP contribution in [-0.2, 0) is 10.0 Å². The van der Waals surface area contributed by atoms with E-state index in [1.54, 1.807) is 12.1 Å². The predicted octanol–water partition coefficient (Wildman–Crippen LogP) is 4.00. The first kappa shape index (κ1) is 15.2.